The number of H-pyrrole nitrogens is 1. The zero-order chi connectivity index (χ0) is 24.7. The van der Waals surface area contributed by atoms with Crippen LogP contribution in [0.3, 0.4) is 0 Å². The molecule has 0 saturated heterocycles. The number of aromatic nitrogens is 1. The first kappa shape index (κ1) is 22.7. The number of aliphatic hydroxyl groups excluding tert-OH is 1. The molecule has 1 amide bonds. The second kappa shape index (κ2) is 8.91. The van der Waals surface area contributed by atoms with Gasteiger partial charge in [0.15, 0.2) is 11.5 Å². The van der Waals surface area contributed by atoms with Crippen LogP contribution in [-0.4, -0.2) is 21.8 Å². The minimum absolute atomic E-state index is 0.165. The molecule has 4 aromatic rings. The Hall–Kier alpha value is -4.12. The molecular weight excluding hydrogens is 436 g/mol. The summed E-state index contributed by atoms with van der Waals surface area (Å²) >= 11 is 0. The van der Waals surface area contributed by atoms with Gasteiger partial charge in [0.1, 0.15) is 0 Å². The molecule has 0 radical (unpaired) electrons. The number of aryl methyl sites for hydroxylation is 4. The second-order valence-electron chi connectivity index (χ2n) is 9.30. The predicted molar refractivity (Wildman–Crippen MR) is 139 cm³/mol. The number of aromatic amines is 1. The van der Waals surface area contributed by atoms with Crippen LogP contribution in [0.25, 0.3) is 10.9 Å². The number of Topliss-reactive ketones (excluding diaryl/α,β-unsaturated/α-hetero) is 1. The standard InChI is InChI=1S/C30H28N2O3/c1-18-15-19(2)17-22(16-18)32-28(26-20(3)31-24-12-8-7-11-23(24)26)27(29(34)30(32)35)25(33)14-13-21-9-5-4-6-10-21/h4-12,15-17,28,31,34H,13-14H2,1-3H3. The average molecular weight is 465 g/mol. The molecule has 176 valence electrons. The van der Waals surface area contributed by atoms with Gasteiger partial charge >= 0.3 is 0 Å². The number of amides is 1. The molecule has 2 N–H and O–H groups in total. The van der Waals surface area contributed by atoms with E-state index in [1.807, 2.05) is 93.6 Å². The first-order valence-electron chi connectivity index (χ1n) is 11.8. The topological polar surface area (TPSA) is 73.4 Å². The summed E-state index contributed by atoms with van der Waals surface area (Å²) in [7, 11) is 0. The minimum Gasteiger partial charge on any atom is -0.503 e. The van der Waals surface area contributed by atoms with Crippen molar-refractivity contribution in [1.29, 1.82) is 0 Å². The van der Waals surface area contributed by atoms with Crippen LogP contribution < -0.4 is 4.90 Å². The van der Waals surface area contributed by atoms with Crippen LogP contribution in [0.1, 0.15) is 40.4 Å². The molecule has 1 unspecified atom stereocenters. The van der Waals surface area contributed by atoms with E-state index in [9.17, 15) is 14.7 Å². The van der Waals surface area contributed by atoms with Gasteiger partial charge in [-0.1, -0.05) is 54.6 Å². The molecule has 1 aliphatic rings. The quantitative estimate of drug-likeness (QED) is 0.357. The number of nitrogens with zero attached hydrogens (tertiary/aromatic N) is 1. The summed E-state index contributed by atoms with van der Waals surface area (Å²) in [5.74, 6) is -1.23. The lowest BCUT2D eigenvalue weighted by Crippen LogP contribution is -2.31. The van der Waals surface area contributed by atoms with Crippen LogP contribution in [0.4, 0.5) is 5.69 Å². The summed E-state index contributed by atoms with van der Waals surface area (Å²) in [6.45, 7) is 5.89. The second-order valence-corrected chi connectivity index (χ2v) is 9.30. The van der Waals surface area contributed by atoms with E-state index in [0.717, 1.165) is 38.9 Å². The molecule has 0 spiro atoms. The predicted octanol–water partition coefficient (Wildman–Crippen LogP) is 6.20. The molecule has 5 rings (SSSR count). The highest BCUT2D eigenvalue weighted by Crippen LogP contribution is 2.45. The average Bonchev–Trinajstić information content (AvgIpc) is 3.29. The molecule has 0 bridgehead atoms. The zero-order valence-electron chi connectivity index (χ0n) is 20.1. The fraction of sp³-hybridized carbons (Fsp3) is 0.200. The van der Waals surface area contributed by atoms with E-state index in [0.29, 0.717) is 12.1 Å². The highest BCUT2D eigenvalue weighted by Gasteiger charge is 2.45. The molecule has 5 heteroatoms. The van der Waals surface area contributed by atoms with Crippen molar-refractivity contribution in [3.63, 3.8) is 0 Å². The monoisotopic (exact) mass is 464 g/mol. The zero-order valence-corrected chi connectivity index (χ0v) is 20.1. The highest BCUT2D eigenvalue weighted by molar-refractivity contribution is 6.17. The van der Waals surface area contributed by atoms with Gasteiger partial charge in [-0.15, -0.1) is 0 Å². The maximum atomic E-state index is 13.6. The number of fused-ring (bicyclic) bond motifs is 1. The Morgan fingerprint density at radius 1 is 0.943 bits per heavy atom. The van der Waals surface area contributed by atoms with Crippen molar-refractivity contribution in [3.8, 4) is 0 Å². The molecule has 1 atom stereocenters. The molecular formula is C30H28N2O3. The minimum atomic E-state index is -0.719. The van der Waals surface area contributed by atoms with E-state index in [-0.39, 0.29) is 17.8 Å². The number of anilines is 1. The number of aliphatic hydroxyl groups is 1. The summed E-state index contributed by atoms with van der Waals surface area (Å²) in [6.07, 6.45) is 0.739. The van der Waals surface area contributed by atoms with E-state index in [1.54, 1.807) is 4.90 Å². The third kappa shape index (κ3) is 4.03. The summed E-state index contributed by atoms with van der Waals surface area (Å²) < 4.78 is 0. The van der Waals surface area contributed by atoms with Gasteiger partial charge in [0, 0.05) is 34.3 Å². The normalized spacial score (nSPS) is 15.9. The maximum absolute atomic E-state index is 13.6. The van der Waals surface area contributed by atoms with Crippen LogP contribution in [0.5, 0.6) is 0 Å². The van der Waals surface area contributed by atoms with Crippen LogP contribution in [-0.2, 0) is 16.0 Å². The van der Waals surface area contributed by atoms with E-state index in [2.05, 4.69) is 4.98 Å². The maximum Gasteiger partial charge on any atom is 0.294 e. The summed E-state index contributed by atoms with van der Waals surface area (Å²) in [4.78, 5) is 32.1. The number of ketones is 1. The lowest BCUT2D eigenvalue weighted by molar-refractivity contribution is -0.118. The fourth-order valence-corrected chi connectivity index (χ4v) is 5.21. The van der Waals surface area contributed by atoms with E-state index < -0.39 is 17.7 Å². The van der Waals surface area contributed by atoms with Crippen molar-refractivity contribution in [2.45, 2.75) is 39.7 Å². The van der Waals surface area contributed by atoms with Crippen LogP contribution >= 0.6 is 0 Å². The van der Waals surface area contributed by atoms with E-state index in [4.69, 9.17) is 0 Å². The van der Waals surface area contributed by atoms with Gasteiger partial charge in [-0.05, 0) is 62.1 Å². The molecule has 1 aliphatic heterocycles. The van der Waals surface area contributed by atoms with Gasteiger partial charge < -0.3 is 10.1 Å². The van der Waals surface area contributed by atoms with Gasteiger partial charge in [-0.2, -0.15) is 0 Å². The summed E-state index contributed by atoms with van der Waals surface area (Å²) in [6, 6.07) is 22.8. The van der Waals surface area contributed by atoms with Gasteiger partial charge in [0.25, 0.3) is 5.91 Å². The van der Waals surface area contributed by atoms with Gasteiger partial charge in [-0.25, -0.2) is 0 Å². The third-order valence-corrected chi connectivity index (χ3v) is 6.69. The van der Waals surface area contributed by atoms with Crippen molar-refractivity contribution >= 4 is 28.3 Å². The van der Waals surface area contributed by atoms with Gasteiger partial charge in [-0.3, -0.25) is 14.5 Å². The Morgan fingerprint density at radius 2 is 1.60 bits per heavy atom. The lowest BCUT2D eigenvalue weighted by Gasteiger charge is -2.28. The Kier molecular flexibility index (Phi) is 5.77. The molecule has 3 aromatic carbocycles. The number of nitrogens with one attached hydrogen (secondary N) is 1. The molecule has 0 saturated carbocycles. The number of benzene rings is 3. The van der Waals surface area contributed by atoms with E-state index in [1.165, 1.54) is 0 Å². The molecule has 0 aliphatic carbocycles. The number of hydrogen-bond acceptors (Lipinski definition) is 3. The Labute approximate surface area is 204 Å². The summed E-state index contributed by atoms with van der Waals surface area (Å²) in [5.41, 5.74) is 6.50. The Morgan fingerprint density at radius 3 is 2.31 bits per heavy atom. The van der Waals surface area contributed by atoms with Gasteiger partial charge in [0.05, 0.1) is 11.6 Å². The molecule has 35 heavy (non-hydrogen) atoms. The smallest absolute Gasteiger partial charge is 0.294 e. The van der Waals surface area contributed by atoms with Gasteiger partial charge in [0.2, 0.25) is 0 Å². The number of para-hydroxylation sites is 1. The highest BCUT2D eigenvalue weighted by atomic mass is 16.3. The van der Waals surface area contributed by atoms with Crippen molar-refractivity contribution in [2.24, 2.45) is 0 Å². The summed E-state index contributed by atoms with van der Waals surface area (Å²) in [5, 5.41) is 12.0. The first-order chi connectivity index (χ1) is 16.8. The van der Waals surface area contributed by atoms with Crippen molar-refractivity contribution in [3.05, 3.63) is 112 Å². The number of carbonyl (C=O) groups excluding carboxylic acids is 2. The van der Waals surface area contributed by atoms with E-state index >= 15 is 0 Å². The number of hydrogen-bond donors (Lipinski definition) is 2. The fourth-order valence-electron chi connectivity index (χ4n) is 5.21. The molecule has 0 fully saturated rings. The largest absolute Gasteiger partial charge is 0.503 e. The SMILES string of the molecule is Cc1cc(C)cc(N2C(=O)C(O)=C(C(=O)CCc3ccccc3)C2c2c(C)[nH]c3ccccc23)c1. The first-order valence-corrected chi connectivity index (χ1v) is 11.8. The third-order valence-electron chi connectivity index (χ3n) is 6.69. The Bertz CT molecular complexity index is 1460. The van der Waals surface area contributed by atoms with Crippen LogP contribution in [0.15, 0.2) is 84.1 Å². The number of carbonyl (C=O) groups is 2. The number of rotatable bonds is 6. The van der Waals surface area contributed by atoms with Crippen LogP contribution in [0, 0.1) is 20.8 Å². The Balaban J connectivity index is 1.65. The van der Waals surface area contributed by atoms with Crippen molar-refractivity contribution < 1.29 is 14.7 Å². The van der Waals surface area contributed by atoms with Crippen LogP contribution in [0.2, 0.25) is 0 Å². The molecule has 1 aromatic heterocycles. The van der Waals surface area contributed by atoms with Crippen molar-refractivity contribution in [2.75, 3.05) is 4.90 Å². The molecule has 5 nitrogen and oxygen atoms in total. The molecule has 2 heterocycles. The lowest BCUT2D eigenvalue weighted by atomic mass is 9.91. The van der Waals surface area contributed by atoms with Crippen molar-refractivity contribution in [1.82, 2.24) is 4.98 Å².